The van der Waals surface area contributed by atoms with Crippen LogP contribution >= 0.6 is 0 Å². The van der Waals surface area contributed by atoms with Gasteiger partial charge in [-0.1, -0.05) is 29.8 Å². The van der Waals surface area contributed by atoms with Crippen molar-refractivity contribution in [2.24, 2.45) is 0 Å². The van der Waals surface area contributed by atoms with Crippen LogP contribution in [0.1, 0.15) is 34.0 Å². The smallest absolute Gasteiger partial charge is 0.344 e. The monoisotopic (exact) mass is 369 g/mol. The Morgan fingerprint density at radius 1 is 0.963 bits per heavy atom. The van der Waals surface area contributed by atoms with Crippen LogP contribution in [0.15, 0.2) is 36.4 Å². The molecule has 0 aliphatic rings. The van der Waals surface area contributed by atoms with Gasteiger partial charge in [-0.15, -0.1) is 0 Å². The van der Waals surface area contributed by atoms with Crippen LogP contribution in [0.25, 0.3) is 0 Å². The molecule has 0 bridgehead atoms. The fourth-order valence-corrected chi connectivity index (χ4v) is 2.73. The molecule has 6 heteroatoms. The maximum atomic E-state index is 11.9. The van der Waals surface area contributed by atoms with Crippen LogP contribution in [0.3, 0.4) is 0 Å². The molecule has 0 unspecified atom stereocenters. The highest BCUT2D eigenvalue weighted by Crippen LogP contribution is 2.24. The first-order valence-corrected chi connectivity index (χ1v) is 8.53. The van der Waals surface area contributed by atoms with Crippen LogP contribution in [0.5, 0.6) is 5.75 Å². The van der Waals surface area contributed by atoms with Gasteiger partial charge in [0.2, 0.25) is 0 Å². The Labute approximate surface area is 158 Å². The van der Waals surface area contributed by atoms with E-state index in [-0.39, 0.29) is 12.4 Å². The number of carbonyl (C=O) groups is 3. The summed E-state index contributed by atoms with van der Waals surface area (Å²) in [4.78, 5) is 35.1. The van der Waals surface area contributed by atoms with E-state index in [1.54, 1.807) is 24.3 Å². The zero-order valence-corrected chi connectivity index (χ0v) is 15.9. The van der Waals surface area contributed by atoms with Crippen molar-refractivity contribution in [2.45, 2.75) is 27.7 Å². The summed E-state index contributed by atoms with van der Waals surface area (Å²) in [6.07, 6.45) is 0. The van der Waals surface area contributed by atoms with E-state index in [2.05, 4.69) is 5.32 Å². The molecule has 0 saturated heterocycles. The third kappa shape index (κ3) is 5.95. The highest BCUT2D eigenvalue weighted by atomic mass is 16.6. The van der Waals surface area contributed by atoms with E-state index in [1.807, 2.05) is 32.9 Å². The lowest BCUT2D eigenvalue weighted by atomic mass is 10.1. The SMILES string of the molecule is CC(=O)c1cccc(NC(=O)COC(=O)COc2c(C)cc(C)cc2C)c1. The molecule has 0 radical (unpaired) electrons. The van der Waals surface area contributed by atoms with E-state index < -0.39 is 18.5 Å². The number of benzene rings is 2. The third-order valence-corrected chi connectivity index (χ3v) is 3.86. The molecule has 0 heterocycles. The molecule has 27 heavy (non-hydrogen) atoms. The number of ketones is 1. The lowest BCUT2D eigenvalue weighted by Gasteiger charge is -2.13. The van der Waals surface area contributed by atoms with Gasteiger partial charge >= 0.3 is 5.97 Å². The van der Waals surface area contributed by atoms with Gasteiger partial charge in [0.25, 0.3) is 5.91 Å². The number of ether oxygens (including phenoxy) is 2. The molecular formula is C21H23NO5. The quantitative estimate of drug-likeness (QED) is 0.598. The zero-order chi connectivity index (χ0) is 20.0. The molecule has 0 aliphatic heterocycles. The predicted molar refractivity (Wildman–Crippen MR) is 102 cm³/mol. The molecule has 2 rings (SSSR count). The van der Waals surface area contributed by atoms with E-state index in [0.29, 0.717) is 17.0 Å². The molecule has 0 aromatic heterocycles. The maximum Gasteiger partial charge on any atom is 0.344 e. The van der Waals surface area contributed by atoms with E-state index >= 15 is 0 Å². The van der Waals surface area contributed by atoms with Crippen LogP contribution in [0, 0.1) is 20.8 Å². The van der Waals surface area contributed by atoms with E-state index in [1.165, 1.54) is 6.92 Å². The zero-order valence-electron chi connectivity index (χ0n) is 15.9. The first-order chi connectivity index (χ1) is 12.8. The van der Waals surface area contributed by atoms with Crippen LogP contribution in [-0.2, 0) is 14.3 Å². The second kappa shape index (κ2) is 8.98. The minimum Gasteiger partial charge on any atom is -0.481 e. The lowest BCUT2D eigenvalue weighted by Crippen LogP contribution is -2.24. The second-order valence-corrected chi connectivity index (χ2v) is 6.36. The summed E-state index contributed by atoms with van der Waals surface area (Å²) < 4.78 is 10.5. The average Bonchev–Trinajstić information content (AvgIpc) is 2.59. The molecule has 6 nitrogen and oxygen atoms in total. The van der Waals surface area contributed by atoms with Crippen LogP contribution < -0.4 is 10.1 Å². The van der Waals surface area contributed by atoms with Gasteiger partial charge in [-0.2, -0.15) is 0 Å². The maximum absolute atomic E-state index is 11.9. The molecule has 0 aliphatic carbocycles. The van der Waals surface area contributed by atoms with E-state index in [9.17, 15) is 14.4 Å². The lowest BCUT2D eigenvalue weighted by molar-refractivity contribution is -0.149. The van der Waals surface area contributed by atoms with Gasteiger partial charge in [0.15, 0.2) is 19.0 Å². The largest absolute Gasteiger partial charge is 0.481 e. The fourth-order valence-electron chi connectivity index (χ4n) is 2.73. The van der Waals surface area contributed by atoms with Gasteiger partial charge < -0.3 is 14.8 Å². The van der Waals surface area contributed by atoms with Crippen LogP contribution in [0.4, 0.5) is 5.69 Å². The summed E-state index contributed by atoms with van der Waals surface area (Å²) in [6.45, 7) is 6.53. The Morgan fingerprint density at radius 3 is 2.26 bits per heavy atom. The molecule has 1 amide bonds. The Bertz CT molecular complexity index is 850. The molecular weight excluding hydrogens is 346 g/mol. The van der Waals surface area contributed by atoms with Gasteiger partial charge in [-0.05, 0) is 51.0 Å². The first kappa shape index (κ1) is 20.2. The number of hydrogen-bond donors (Lipinski definition) is 1. The van der Waals surface area contributed by atoms with Crippen molar-refractivity contribution < 1.29 is 23.9 Å². The Kier molecular flexibility index (Phi) is 6.71. The summed E-state index contributed by atoms with van der Waals surface area (Å²) in [5.74, 6) is -0.590. The number of hydrogen-bond acceptors (Lipinski definition) is 5. The van der Waals surface area contributed by atoms with Gasteiger partial charge in [-0.3, -0.25) is 9.59 Å². The summed E-state index contributed by atoms with van der Waals surface area (Å²) in [6, 6.07) is 10.5. The second-order valence-electron chi connectivity index (χ2n) is 6.36. The normalized spacial score (nSPS) is 10.2. The van der Waals surface area contributed by atoms with Crippen LogP contribution in [-0.4, -0.2) is 30.9 Å². The minimum atomic E-state index is -0.637. The number of esters is 1. The van der Waals surface area contributed by atoms with E-state index in [0.717, 1.165) is 16.7 Å². The van der Waals surface area contributed by atoms with Crippen molar-refractivity contribution in [1.82, 2.24) is 0 Å². The first-order valence-electron chi connectivity index (χ1n) is 8.53. The number of carbonyl (C=O) groups excluding carboxylic acids is 3. The molecule has 2 aromatic carbocycles. The number of aryl methyl sites for hydroxylation is 3. The highest BCUT2D eigenvalue weighted by Gasteiger charge is 2.12. The van der Waals surface area contributed by atoms with Gasteiger partial charge in [0.1, 0.15) is 5.75 Å². The Morgan fingerprint density at radius 2 is 1.63 bits per heavy atom. The third-order valence-electron chi connectivity index (χ3n) is 3.86. The molecule has 0 atom stereocenters. The number of amides is 1. The molecule has 0 fully saturated rings. The predicted octanol–water partition coefficient (Wildman–Crippen LogP) is 3.38. The molecule has 1 N–H and O–H groups in total. The van der Waals surface area contributed by atoms with Crippen molar-refractivity contribution in [3.8, 4) is 5.75 Å². The standard InChI is InChI=1S/C21H23NO5/c1-13-8-14(2)21(15(3)9-13)27-12-20(25)26-11-19(24)22-18-7-5-6-17(10-18)16(4)23/h5-10H,11-12H2,1-4H3,(H,22,24). The Balaban J connectivity index is 1.82. The molecule has 0 spiro atoms. The van der Waals surface area contributed by atoms with Gasteiger partial charge in [0.05, 0.1) is 0 Å². The van der Waals surface area contributed by atoms with Gasteiger partial charge in [-0.25, -0.2) is 4.79 Å². The summed E-state index contributed by atoms with van der Waals surface area (Å²) >= 11 is 0. The van der Waals surface area contributed by atoms with Crippen molar-refractivity contribution >= 4 is 23.3 Å². The average molecular weight is 369 g/mol. The van der Waals surface area contributed by atoms with Crippen molar-refractivity contribution in [3.63, 3.8) is 0 Å². The molecule has 142 valence electrons. The van der Waals surface area contributed by atoms with Gasteiger partial charge in [0, 0.05) is 11.3 Å². The minimum absolute atomic E-state index is 0.101. The summed E-state index contributed by atoms with van der Waals surface area (Å²) in [5, 5.41) is 2.58. The summed E-state index contributed by atoms with van der Waals surface area (Å²) in [7, 11) is 0. The highest BCUT2D eigenvalue weighted by molar-refractivity contribution is 5.97. The number of Topliss-reactive ketones (excluding diaryl/α,β-unsaturated/α-hetero) is 1. The van der Waals surface area contributed by atoms with E-state index in [4.69, 9.17) is 9.47 Å². The van der Waals surface area contributed by atoms with Crippen molar-refractivity contribution in [3.05, 3.63) is 58.7 Å². The number of rotatable bonds is 7. The number of anilines is 1. The Hall–Kier alpha value is -3.15. The van der Waals surface area contributed by atoms with Crippen molar-refractivity contribution in [1.29, 1.82) is 0 Å². The van der Waals surface area contributed by atoms with Crippen LogP contribution in [0.2, 0.25) is 0 Å². The molecule has 2 aromatic rings. The fraction of sp³-hybridized carbons (Fsp3) is 0.286. The summed E-state index contributed by atoms with van der Waals surface area (Å²) in [5.41, 5.74) is 3.94. The number of nitrogens with one attached hydrogen (secondary N) is 1. The topological polar surface area (TPSA) is 81.7 Å². The molecule has 0 saturated carbocycles. The van der Waals surface area contributed by atoms with Crippen molar-refractivity contribution in [2.75, 3.05) is 18.5 Å².